The lowest BCUT2D eigenvalue weighted by molar-refractivity contribution is 0.425. The van der Waals surface area contributed by atoms with Gasteiger partial charge in [-0.05, 0) is 58.7 Å². The summed E-state index contributed by atoms with van der Waals surface area (Å²) >= 11 is 0. The molecule has 3 atom stereocenters. The smallest absolute Gasteiger partial charge is 0.0630 e. The SMILES string of the molecule is CC(C)c1ccc(C=Nc2ccc([C@@H]3Nc4ccccc4[C@@H]4C=CC[C@@H]43)cc2)cc1. The van der Waals surface area contributed by atoms with Crippen LogP contribution in [-0.2, 0) is 0 Å². The number of hydrogen-bond donors (Lipinski definition) is 1. The van der Waals surface area contributed by atoms with E-state index in [9.17, 15) is 0 Å². The van der Waals surface area contributed by atoms with Gasteiger partial charge in [-0.3, -0.25) is 4.99 Å². The first kappa shape index (κ1) is 18.9. The van der Waals surface area contributed by atoms with Gasteiger partial charge in [-0.25, -0.2) is 0 Å². The summed E-state index contributed by atoms with van der Waals surface area (Å²) in [5.74, 6) is 1.64. The summed E-state index contributed by atoms with van der Waals surface area (Å²) in [5.41, 5.74) is 7.51. The highest BCUT2D eigenvalue weighted by atomic mass is 15.0. The highest BCUT2D eigenvalue weighted by molar-refractivity contribution is 5.82. The molecule has 0 fully saturated rings. The molecule has 0 amide bonds. The number of nitrogens with zero attached hydrogens (tertiary/aromatic N) is 1. The second-order valence-corrected chi connectivity index (χ2v) is 8.73. The Morgan fingerprint density at radius 3 is 2.47 bits per heavy atom. The number of anilines is 1. The maximum atomic E-state index is 4.68. The van der Waals surface area contributed by atoms with Gasteiger partial charge in [-0.1, -0.05) is 80.6 Å². The average Bonchev–Trinajstić information content (AvgIpc) is 3.28. The molecule has 1 aliphatic heterocycles. The standard InChI is InChI=1S/C28H28N2/c1-19(2)21-12-10-20(11-13-21)18-29-23-16-14-22(15-17-23)28-26-8-5-7-24(26)25-6-3-4-9-27(25)30-28/h3-7,9-19,24,26,28,30H,8H2,1-2H3/t24-,26-,28-/m0/s1. The summed E-state index contributed by atoms with van der Waals surface area (Å²) < 4.78 is 0. The number of benzene rings is 3. The molecule has 1 aliphatic carbocycles. The van der Waals surface area contributed by atoms with Crippen molar-refractivity contribution in [3.63, 3.8) is 0 Å². The molecular weight excluding hydrogens is 364 g/mol. The van der Waals surface area contributed by atoms with E-state index < -0.39 is 0 Å². The van der Waals surface area contributed by atoms with Gasteiger partial charge >= 0.3 is 0 Å². The zero-order valence-corrected chi connectivity index (χ0v) is 17.6. The van der Waals surface area contributed by atoms with Crippen molar-refractivity contribution in [3.8, 4) is 0 Å². The predicted molar refractivity (Wildman–Crippen MR) is 127 cm³/mol. The Balaban J connectivity index is 1.34. The lowest BCUT2D eigenvalue weighted by Crippen LogP contribution is -2.28. The number of aliphatic imine (C=N–C) groups is 1. The summed E-state index contributed by atoms with van der Waals surface area (Å²) in [6.45, 7) is 4.43. The monoisotopic (exact) mass is 392 g/mol. The highest BCUT2D eigenvalue weighted by Gasteiger charge is 2.37. The molecule has 0 aromatic heterocycles. The number of allylic oxidation sites excluding steroid dienone is 2. The first-order valence-electron chi connectivity index (χ1n) is 10.9. The first-order chi connectivity index (χ1) is 14.7. The van der Waals surface area contributed by atoms with Crippen molar-refractivity contribution in [3.05, 3.63) is 107 Å². The molecule has 3 aromatic carbocycles. The van der Waals surface area contributed by atoms with E-state index in [-0.39, 0.29) is 0 Å². The van der Waals surface area contributed by atoms with E-state index in [4.69, 9.17) is 0 Å². The van der Waals surface area contributed by atoms with Crippen LogP contribution in [0.5, 0.6) is 0 Å². The van der Waals surface area contributed by atoms with Crippen LogP contribution in [0.4, 0.5) is 11.4 Å². The van der Waals surface area contributed by atoms with Gasteiger partial charge in [0.05, 0.1) is 11.7 Å². The second kappa shape index (κ2) is 7.95. The number of para-hydroxylation sites is 1. The molecule has 2 nitrogen and oxygen atoms in total. The minimum Gasteiger partial charge on any atom is -0.378 e. The van der Waals surface area contributed by atoms with E-state index in [1.54, 1.807) is 0 Å². The van der Waals surface area contributed by atoms with Crippen LogP contribution in [0.3, 0.4) is 0 Å². The first-order valence-corrected chi connectivity index (χ1v) is 10.9. The van der Waals surface area contributed by atoms with Gasteiger partial charge in [0.25, 0.3) is 0 Å². The lowest BCUT2D eigenvalue weighted by Gasteiger charge is -2.37. The molecule has 0 saturated heterocycles. The van der Waals surface area contributed by atoms with Gasteiger partial charge < -0.3 is 5.32 Å². The zero-order valence-electron chi connectivity index (χ0n) is 17.6. The van der Waals surface area contributed by atoms with Crippen LogP contribution in [0.15, 0.2) is 89.9 Å². The van der Waals surface area contributed by atoms with Crippen LogP contribution in [0.1, 0.15) is 60.4 Å². The molecule has 0 radical (unpaired) electrons. The number of hydrogen-bond acceptors (Lipinski definition) is 2. The minimum atomic E-state index is 0.335. The topological polar surface area (TPSA) is 24.4 Å². The third kappa shape index (κ3) is 3.59. The fraction of sp³-hybridized carbons (Fsp3) is 0.250. The van der Waals surface area contributed by atoms with Crippen molar-refractivity contribution in [1.29, 1.82) is 0 Å². The summed E-state index contributed by atoms with van der Waals surface area (Å²) in [6, 6.07) is 26.5. The van der Waals surface area contributed by atoms with Gasteiger partial charge in [0.1, 0.15) is 0 Å². The molecule has 1 N–H and O–H groups in total. The van der Waals surface area contributed by atoms with Crippen molar-refractivity contribution in [2.45, 2.75) is 38.1 Å². The maximum absolute atomic E-state index is 4.68. The van der Waals surface area contributed by atoms with E-state index in [1.165, 1.54) is 22.4 Å². The van der Waals surface area contributed by atoms with Crippen molar-refractivity contribution in [1.82, 2.24) is 0 Å². The van der Waals surface area contributed by atoms with Crippen LogP contribution in [0.25, 0.3) is 0 Å². The summed E-state index contributed by atoms with van der Waals surface area (Å²) in [4.78, 5) is 4.68. The van der Waals surface area contributed by atoms with Crippen LogP contribution >= 0.6 is 0 Å². The van der Waals surface area contributed by atoms with Crippen molar-refractivity contribution in [2.24, 2.45) is 10.9 Å². The highest BCUT2D eigenvalue weighted by Crippen LogP contribution is 2.49. The quantitative estimate of drug-likeness (QED) is 0.363. The van der Waals surface area contributed by atoms with E-state index >= 15 is 0 Å². The fourth-order valence-corrected chi connectivity index (χ4v) is 4.76. The Hall–Kier alpha value is -3.13. The molecule has 0 saturated carbocycles. The van der Waals surface area contributed by atoms with Gasteiger partial charge in [0.2, 0.25) is 0 Å². The molecule has 2 aliphatic rings. The van der Waals surface area contributed by atoms with Gasteiger partial charge in [0.15, 0.2) is 0 Å². The maximum Gasteiger partial charge on any atom is 0.0630 e. The van der Waals surface area contributed by atoms with Gasteiger partial charge in [-0.2, -0.15) is 0 Å². The molecule has 150 valence electrons. The molecule has 2 heteroatoms. The molecule has 0 spiro atoms. The Morgan fingerprint density at radius 2 is 1.70 bits per heavy atom. The van der Waals surface area contributed by atoms with Crippen LogP contribution < -0.4 is 5.32 Å². The third-order valence-electron chi connectivity index (χ3n) is 6.49. The van der Waals surface area contributed by atoms with E-state index in [0.29, 0.717) is 23.8 Å². The van der Waals surface area contributed by atoms with E-state index in [1.807, 2.05) is 6.21 Å². The zero-order chi connectivity index (χ0) is 20.5. The lowest BCUT2D eigenvalue weighted by atomic mass is 9.77. The van der Waals surface area contributed by atoms with Gasteiger partial charge in [0, 0.05) is 17.8 Å². The van der Waals surface area contributed by atoms with Crippen LogP contribution in [-0.4, -0.2) is 6.21 Å². The number of nitrogens with one attached hydrogen (secondary N) is 1. The molecule has 30 heavy (non-hydrogen) atoms. The largest absolute Gasteiger partial charge is 0.378 e. The van der Waals surface area contributed by atoms with Crippen molar-refractivity contribution in [2.75, 3.05) is 5.32 Å². The molecule has 1 heterocycles. The van der Waals surface area contributed by atoms with Gasteiger partial charge in [-0.15, -0.1) is 0 Å². The van der Waals surface area contributed by atoms with Crippen LogP contribution in [0.2, 0.25) is 0 Å². The molecule has 3 aromatic rings. The number of rotatable bonds is 4. The second-order valence-electron chi connectivity index (χ2n) is 8.73. The average molecular weight is 393 g/mol. The van der Waals surface area contributed by atoms with Crippen molar-refractivity contribution >= 4 is 17.6 Å². The van der Waals surface area contributed by atoms with Crippen LogP contribution in [0, 0.1) is 5.92 Å². The Labute approximate surface area is 179 Å². The molecule has 5 rings (SSSR count). The Bertz CT molecular complexity index is 1070. The number of fused-ring (bicyclic) bond motifs is 3. The predicted octanol–water partition coefficient (Wildman–Crippen LogP) is 7.39. The summed E-state index contributed by atoms with van der Waals surface area (Å²) in [5, 5.41) is 3.80. The molecular formula is C28H28N2. The molecule has 0 bridgehead atoms. The third-order valence-corrected chi connectivity index (χ3v) is 6.49. The molecule has 0 unspecified atom stereocenters. The Morgan fingerprint density at radius 1 is 0.933 bits per heavy atom. The van der Waals surface area contributed by atoms with Crippen molar-refractivity contribution < 1.29 is 0 Å². The Kier molecular flexibility index (Phi) is 5.00. The fourth-order valence-electron chi connectivity index (χ4n) is 4.76. The summed E-state index contributed by atoms with van der Waals surface area (Å²) in [7, 11) is 0. The van der Waals surface area contributed by atoms with E-state index in [2.05, 4.69) is 109 Å². The summed E-state index contributed by atoms with van der Waals surface area (Å²) in [6.07, 6.45) is 7.81. The minimum absolute atomic E-state index is 0.335. The normalized spacial score (nSPS) is 22.2. The van der Waals surface area contributed by atoms with E-state index in [0.717, 1.165) is 17.7 Å².